The number of nitrogens with zero attached hydrogens (tertiary/aromatic N) is 2. The molecule has 0 aromatic heterocycles. The third kappa shape index (κ3) is 18.2. The maximum atomic E-state index is 12.3. The number of thioether (sulfide) groups is 1. The van der Waals surface area contributed by atoms with Crippen LogP contribution in [0.1, 0.15) is 52.9 Å². The minimum absolute atomic E-state index is 0.00690. The Balaban J connectivity index is 4.20. The van der Waals surface area contributed by atoms with Crippen LogP contribution in [0.2, 0.25) is 0 Å². The molecule has 0 aromatic rings. The smallest absolute Gasteiger partial charge is 0.321 e. The molecule has 0 aliphatic rings. The largest absolute Gasteiger partial charge is 0.480 e. The van der Waals surface area contributed by atoms with Gasteiger partial charge in [0, 0.05) is 60.6 Å². The van der Waals surface area contributed by atoms with Gasteiger partial charge < -0.3 is 16.2 Å². The Kier molecular flexibility index (Phi) is 19.4. The maximum Gasteiger partial charge on any atom is 0.321 e. The molecule has 14 heteroatoms. The predicted molar refractivity (Wildman–Crippen MR) is 143 cm³/mol. The Hall–Kier alpha value is -1.77. The summed E-state index contributed by atoms with van der Waals surface area (Å²) in [4.78, 5) is 59.0. The molecule has 2 unspecified atom stereocenters. The Labute approximate surface area is 218 Å². The second-order valence-electron chi connectivity index (χ2n) is 7.61. The number of hydrazone groups is 1. The zero-order valence-corrected chi connectivity index (χ0v) is 22.9. The third-order valence-electron chi connectivity index (χ3n) is 4.33. The summed E-state index contributed by atoms with van der Waals surface area (Å²) >= 11 is 1.22. The van der Waals surface area contributed by atoms with Gasteiger partial charge in [-0.1, -0.05) is 35.4 Å². The van der Waals surface area contributed by atoms with E-state index in [1.54, 1.807) is 35.4 Å². The summed E-state index contributed by atoms with van der Waals surface area (Å²) in [7, 11) is 3.52. The number of amides is 4. The lowest BCUT2D eigenvalue weighted by atomic mass is 10.2. The number of nitrogens with two attached hydrogens (primary N) is 1. The number of carbonyl (C=O) groups excluding carboxylic acids is 4. The molecule has 200 valence electrons. The minimum Gasteiger partial charge on any atom is -0.480 e. The lowest BCUT2D eigenvalue weighted by Crippen LogP contribution is -2.35. The molecule has 0 spiro atoms. The number of imide groups is 1. The van der Waals surface area contributed by atoms with Crippen molar-refractivity contribution in [3.8, 4) is 0 Å². The molecule has 0 saturated heterocycles. The van der Waals surface area contributed by atoms with Gasteiger partial charge in [0.05, 0.1) is 0 Å². The molecule has 11 nitrogen and oxygen atoms in total. The predicted octanol–water partition coefficient (Wildman–Crippen LogP) is 1.47. The summed E-state index contributed by atoms with van der Waals surface area (Å²) in [5.74, 6) is -0.0587. The van der Waals surface area contributed by atoms with Gasteiger partial charge in [0.25, 0.3) is 0 Å². The molecule has 2 atom stereocenters. The van der Waals surface area contributed by atoms with Gasteiger partial charge in [0.1, 0.15) is 6.04 Å². The van der Waals surface area contributed by atoms with Crippen molar-refractivity contribution in [2.45, 2.75) is 64.2 Å². The Bertz CT molecular complexity index is 726. The van der Waals surface area contributed by atoms with E-state index in [0.717, 1.165) is 22.8 Å². The van der Waals surface area contributed by atoms with Crippen LogP contribution in [-0.4, -0.2) is 87.5 Å². The summed E-state index contributed by atoms with van der Waals surface area (Å²) in [5, 5.41) is 15.3. The van der Waals surface area contributed by atoms with Crippen molar-refractivity contribution in [3.63, 3.8) is 0 Å². The topological polar surface area (TPSA) is 171 Å². The molecular weight excluding hydrogens is 514 g/mol. The molecule has 0 saturated carbocycles. The van der Waals surface area contributed by atoms with Gasteiger partial charge in [-0.05, 0) is 19.8 Å². The second-order valence-corrected chi connectivity index (χ2v) is 11.8. The monoisotopic (exact) mass is 551 g/mol. The van der Waals surface area contributed by atoms with Crippen LogP contribution in [0.5, 0.6) is 0 Å². The van der Waals surface area contributed by atoms with E-state index in [2.05, 4.69) is 22.8 Å². The van der Waals surface area contributed by atoms with Crippen LogP contribution in [0.15, 0.2) is 5.10 Å². The van der Waals surface area contributed by atoms with Crippen LogP contribution in [-0.2, 0) is 24.0 Å². The van der Waals surface area contributed by atoms with Gasteiger partial charge in [-0.3, -0.25) is 28.9 Å². The molecule has 0 aliphatic heterocycles. The quantitative estimate of drug-likeness (QED) is 0.0571. The average Bonchev–Trinajstić information content (AvgIpc) is 2.82. The average molecular weight is 552 g/mol. The van der Waals surface area contributed by atoms with E-state index in [9.17, 15) is 24.0 Å². The first-order valence-corrected chi connectivity index (χ1v) is 14.8. The van der Waals surface area contributed by atoms with Crippen molar-refractivity contribution in [2.24, 2.45) is 10.8 Å². The molecule has 0 fully saturated rings. The lowest BCUT2D eigenvalue weighted by Gasteiger charge is -2.18. The molecule has 0 radical (unpaired) electrons. The SMILES string of the molecule is CCCSSCCNC(=O)CC/C(C)=N/NC(=O)CCN(C=O)C(=O)CC(C)SCC(N)C(=O)O. The van der Waals surface area contributed by atoms with Crippen LogP contribution in [0.25, 0.3) is 0 Å². The fraction of sp³-hybridized carbons (Fsp3) is 0.714. The standard InChI is InChI=1S/C21H37N5O6S3/c1-4-10-34-35-11-8-23-18(28)6-5-15(2)24-25-19(29)7-9-26(14-27)20(30)12-16(3)33-13-17(22)21(31)32/h14,16-17H,4-13,22H2,1-3H3,(H,23,28)(H,25,29)(H,31,32)/b24-15+. The summed E-state index contributed by atoms with van der Waals surface area (Å²) in [5.41, 5.74) is 8.38. The van der Waals surface area contributed by atoms with E-state index in [0.29, 0.717) is 25.1 Å². The first-order chi connectivity index (χ1) is 16.6. The van der Waals surface area contributed by atoms with Gasteiger partial charge in [0.2, 0.25) is 24.1 Å². The fourth-order valence-electron chi connectivity index (χ4n) is 2.31. The number of rotatable bonds is 20. The van der Waals surface area contributed by atoms with E-state index in [1.807, 2.05) is 0 Å². The molecule has 0 aliphatic carbocycles. The molecule has 0 rings (SSSR count). The Morgan fingerprint density at radius 1 is 1.11 bits per heavy atom. The highest BCUT2D eigenvalue weighted by Gasteiger charge is 2.19. The van der Waals surface area contributed by atoms with Crippen LogP contribution in [0.3, 0.4) is 0 Å². The van der Waals surface area contributed by atoms with E-state index < -0.39 is 23.8 Å². The van der Waals surface area contributed by atoms with Gasteiger partial charge >= 0.3 is 5.97 Å². The fourth-order valence-corrected chi connectivity index (χ4v) is 5.29. The Morgan fingerprint density at radius 2 is 1.80 bits per heavy atom. The summed E-state index contributed by atoms with van der Waals surface area (Å²) in [6.45, 7) is 6.05. The molecule has 0 heterocycles. The zero-order valence-electron chi connectivity index (χ0n) is 20.5. The zero-order chi connectivity index (χ0) is 26.6. The highest BCUT2D eigenvalue weighted by molar-refractivity contribution is 8.76. The van der Waals surface area contributed by atoms with Crippen LogP contribution < -0.4 is 16.5 Å². The van der Waals surface area contributed by atoms with Crippen molar-refractivity contribution < 1.29 is 29.1 Å². The molecule has 5 N–H and O–H groups in total. The number of hydrogen-bond acceptors (Lipinski definition) is 10. The first kappa shape index (κ1) is 33.2. The number of carbonyl (C=O) groups is 5. The normalized spacial score (nSPS) is 13.0. The molecule has 35 heavy (non-hydrogen) atoms. The molecule has 0 bridgehead atoms. The lowest BCUT2D eigenvalue weighted by molar-refractivity contribution is -0.139. The minimum atomic E-state index is -1.12. The number of carboxylic acids is 1. The maximum absolute atomic E-state index is 12.3. The van der Waals surface area contributed by atoms with Gasteiger partial charge in [-0.25, -0.2) is 5.43 Å². The first-order valence-electron chi connectivity index (χ1n) is 11.3. The molecule has 4 amide bonds. The van der Waals surface area contributed by atoms with Crippen molar-refractivity contribution >= 4 is 69.2 Å². The Morgan fingerprint density at radius 3 is 2.43 bits per heavy atom. The van der Waals surface area contributed by atoms with Crippen LogP contribution >= 0.6 is 33.3 Å². The highest BCUT2D eigenvalue weighted by atomic mass is 33.1. The van der Waals surface area contributed by atoms with E-state index >= 15 is 0 Å². The summed E-state index contributed by atoms with van der Waals surface area (Å²) in [6, 6.07) is -1.03. The van der Waals surface area contributed by atoms with E-state index in [-0.39, 0.29) is 42.7 Å². The van der Waals surface area contributed by atoms with E-state index in [1.165, 1.54) is 11.8 Å². The summed E-state index contributed by atoms with van der Waals surface area (Å²) < 4.78 is 0. The van der Waals surface area contributed by atoms with Crippen molar-refractivity contribution in [1.82, 2.24) is 15.6 Å². The van der Waals surface area contributed by atoms with Crippen LogP contribution in [0.4, 0.5) is 0 Å². The summed E-state index contributed by atoms with van der Waals surface area (Å²) in [6.07, 6.45) is 2.03. The second kappa shape index (κ2) is 20.4. The van der Waals surface area contributed by atoms with Gasteiger partial charge in [-0.2, -0.15) is 16.9 Å². The molecule has 0 aromatic carbocycles. The van der Waals surface area contributed by atoms with Gasteiger partial charge in [-0.15, -0.1) is 0 Å². The van der Waals surface area contributed by atoms with Gasteiger partial charge in [0.15, 0.2) is 0 Å². The third-order valence-corrected chi connectivity index (χ3v) is 8.23. The number of hydrogen-bond donors (Lipinski definition) is 4. The number of carboxylic acid groups (broad SMARTS) is 1. The van der Waals surface area contributed by atoms with Crippen LogP contribution in [0, 0.1) is 0 Å². The van der Waals surface area contributed by atoms with E-state index in [4.69, 9.17) is 10.8 Å². The molecular formula is C21H37N5O6S3. The van der Waals surface area contributed by atoms with Crippen molar-refractivity contribution in [2.75, 3.05) is 30.3 Å². The van der Waals surface area contributed by atoms with Crippen molar-refractivity contribution in [1.29, 1.82) is 0 Å². The number of aliphatic carboxylic acids is 1. The number of nitrogens with one attached hydrogen (secondary N) is 2. The highest BCUT2D eigenvalue weighted by Crippen LogP contribution is 2.20. The van der Waals surface area contributed by atoms with Crippen molar-refractivity contribution in [3.05, 3.63) is 0 Å².